The Morgan fingerprint density at radius 3 is 2.20 bits per heavy atom. The van der Waals surface area contributed by atoms with Crippen LogP contribution in [0.4, 0.5) is 0 Å². The molecule has 0 saturated carbocycles. The van der Waals surface area contributed by atoms with Crippen LogP contribution in [0.3, 0.4) is 0 Å². The Morgan fingerprint density at radius 1 is 1.40 bits per heavy atom. The van der Waals surface area contributed by atoms with E-state index in [-0.39, 0.29) is 16.7 Å². The summed E-state index contributed by atoms with van der Waals surface area (Å²) >= 11 is 0. The van der Waals surface area contributed by atoms with Gasteiger partial charge in [0.15, 0.2) is 8.32 Å². The molecule has 0 aliphatic rings. The van der Waals surface area contributed by atoms with Gasteiger partial charge in [-0.1, -0.05) is 27.2 Å². The smallest absolute Gasteiger partial charge is 0.188 e. The first-order valence-corrected chi connectivity index (χ1v) is 8.75. The lowest BCUT2D eigenvalue weighted by Gasteiger charge is -2.35. The number of rotatable bonds is 6. The van der Waals surface area contributed by atoms with Gasteiger partial charge in [0.1, 0.15) is 5.78 Å². The van der Waals surface area contributed by atoms with Crippen LogP contribution in [-0.2, 0) is 4.79 Å². The third kappa shape index (κ3) is 4.93. The minimum atomic E-state index is -2.07. The van der Waals surface area contributed by atoms with Gasteiger partial charge in [0.2, 0.25) is 0 Å². The van der Waals surface area contributed by atoms with Crippen molar-refractivity contribution in [2.45, 2.75) is 65.1 Å². The summed E-state index contributed by atoms with van der Waals surface area (Å²) in [4.78, 5) is 21.1. The fourth-order valence-corrected chi connectivity index (χ4v) is 2.15. The molecule has 0 aliphatic carbocycles. The first-order chi connectivity index (χ1) is 6.58. The monoisotopic (exact) mass is 230 g/mol. The zero-order chi connectivity index (χ0) is 12.3. The number of Topliss-reactive ketones (excluding diaryl/α,β-unsaturated/α-hetero) is 1. The molecule has 0 saturated heterocycles. The molecule has 90 valence electrons. The first kappa shape index (κ1) is 14.8. The third-order valence-electron chi connectivity index (χ3n) is 3.79. The maximum atomic E-state index is 11.1. The molecule has 0 fully saturated rings. The Balaban J connectivity index is 4.01. The van der Waals surface area contributed by atoms with Crippen molar-refractivity contribution in [2.24, 2.45) is 5.92 Å². The zero-order valence-corrected chi connectivity index (χ0v) is 12.1. The molecule has 15 heavy (non-hydrogen) atoms. The highest BCUT2D eigenvalue weighted by molar-refractivity contribution is 6.72. The van der Waals surface area contributed by atoms with Crippen LogP contribution in [0, 0.1) is 5.92 Å². The topological polar surface area (TPSA) is 37.3 Å². The van der Waals surface area contributed by atoms with Gasteiger partial charge in [0.25, 0.3) is 0 Å². The Bertz CT molecular complexity index is 216. The molecule has 0 aromatic carbocycles. The fraction of sp³-hybridized carbons (Fsp3) is 0.917. The quantitative estimate of drug-likeness (QED) is 0.710. The minimum absolute atomic E-state index is 0.0451. The number of carbonyl (C=O) groups is 1. The van der Waals surface area contributed by atoms with Gasteiger partial charge in [-0.3, -0.25) is 4.79 Å². The van der Waals surface area contributed by atoms with Crippen LogP contribution in [0.5, 0.6) is 0 Å². The molecule has 0 radical (unpaired) electrons. The van der Waals surface area contributed by atoms with E-state index in [4.69, 9.17) is 0 Å². The maximum absolute atomic E-state index is 11.1. The van der Waals surface area contributed by atoms with E-state index in [1.165, 1.54) is 0 Å². The highest BCUT2D eigenvalue weighted by Crippen LogP contribution is 2.40. The fourth-order valence-electron chi connectivity index (χ4n) is 1.36. The van der Waals surface area contributed by atoms with Gasteiger partial charge in [-0.25, -0.2) is 0 Å². The molecule has 0 aliphatic heterocycles. The summed E-state index contributed by atoms with van der Waals surface area (Å²) in [6.45, 7) is 11.9. The van der Waals surface area contributed by atoms with Crippen molar-refractivity contribution in [3.8, 4) is 0 Å². The molecule has 0 aromatic heterocycles. The zero-order valence-electron chi connectivity index (χ0n) is 11.1. The van der Waals surface area contributed by atoms with Gasteiger partial charge in [0.05, 0.1) is 0 Å². The average Bonchev–Trinajstić information content (AvgIpc) is 2.01. The molecule has 0 bridgehead atoms. The lowest BCUT2D eigenvalue weighted by molar-refractivity contribution is -0.120. The molecule has 0 unspecified atom stereocenters. The molecular formula is C12H26O2Si. The molecule has 3 heteroatoms. The molecular weight excluding hydrogens is 204 g/mol. The second-order valence-electron chi connectivity index (χ2n) is 5.85. The Labute approximate surface area is 95.2 Å². The summed E-state index contributed by atoms with van der Waals surface area (Å²) in [6.07, 6.45) is 2.99. The molecule has 2 nitrogen and oxygen atoms in total. The maximum Gasteiger partial charge on any atom is 0.188 e. The normalized spacial score (nSPS) is 15.1. The van der Waals surface area contributed by atoms with Crippen molar-refractivity contribution < 1.29 is 9.59 Å². The number of hydrogen-bond acceptors (Lipinski definition) is 2. The summed E-state index contributed by atoms with van der Waals surface area (Å²) < 4.78 is 0. The van der Waals surface area contributed by atoms with Gasteiger partial charge < -0.3 is 4.80 Å². The Hall–Kier alpha value is -0.153. The first-order valence-electron chi connectivity index (χ1n) is 5.81. The average molecular weight is 230 g/mol. The standard InChI is InChI=1S/C12H26O2Si/c1-10(11(2)13)8-7-9-12(3,4)15(5,6)14/h10,14H,7-9H2,1-6H3/t10-/m0/s1. The van der Waals surface area contributed by atoms with Crippen LogP contribution in [0.15, 0.2) is 0 Å². The highest BCUT2D eigenvalue weighted by atomic mass is 28.4. The number of carbonyl (C=O) groups excluding carboxylic acids is 1. The molecule has 0 aromatic rings. The van der Waals surface area contributed by atoms with Crippen molar-refractivity contribution in [2.75, 3.05) is 0 Å². The van der Waals surface area contributed by atoms with Crippen molar-refractivity contribution in [3.63, 3.8) is 0 Å². The van der Waals surface area contributed by atoms with E-state index in [0.717, 1.165) is 19.3 Å². The van der Waals surface area contributed by atoms with E-state index in [0.29, 0.717) is 0 Å². The van der Waals surface area contributed by atoms with E-state index in [2.05, 4.69) is 13.8 Å². The largest absolute Gasteiger partial charge is 0.432 e. The highest BCUT2D eigenvalue weighted by Gasteiger charge is 2.37. The predicted octanol–water partition coefficient (Wildman–Crippen LogP) is 3.36. The second kappa shape index (κ2) is 5.26. The summed E-state index contributed by atoms with van der Waals surface area (Å²) in [5, 5.41) is 0.0451. The second-order valence-corrected chi connectivity index (χ2v) is 10.3. The summed E-state index contributed by atoms with van der Waals surface area (Å²) in [5.74, 6) is 0.442. The number of ketones is 1. The van der Waals surface area contributed by atoms with E-state index in [1.807, 2.05) is 20.0 Å². The lowest BCUT2D eigenvalue weighted by atomic mass is 9.97. The predicted molar refractivity (Wildman–Crippen MR) is 67.4 cm³/mol. The van der Waals surface area contributed by atoms with Crippen molar-refractivity contribution in [1.82, 2.24) is 0 Å². The van der Waals surface area contributed by atoms with Crippen molar-refractivity contribution in [3.05, 3.63) is 0 Å². The minimum Gasteiger partial charge on any atom is -0.432 e. The van der Waals surface area contributed by atoms with Crippen molar-refractivity contribution >= 4 is 14.1 Å². The molecule has 0 rings (SSSR count). The van der Waals surface area contributed by atoms with Crippen molar-refractivity contribution in [1.29, 1.82) is 0 Å². The molecule has 0 amide bonds. The van der Waals surface area contributed by atoms with Gasteiger partial charge in [-0.2, -0.15) is 0 Å². The summed E-state index contributed by atoms with van der Waals surface area (Å²) in [6, 6.07) is 0. The summed E-state index contributed by atoms with van der Waals surface area (Å²) in [5.41, 5.74) is 0. The van der Waals surface area contributed by atoms with E-state index < -0.39 is 8.32 Å². The SMILES string of the molecule is CC(=O)[C@@H](C)CCCC(C)(C)[Si](C)(C)O. The number of hydrogen-bond donors (Lipinski definition) is 1. The van der Waals surface area contributed by atoms with E-state index in [1.54, 1.807) is 6.92 Å². The van der Waals surface area contributed by atoms with Gasteiger partial charge in [-0.15, -0.1) is 0 Å². The molecule has 1 atom stereocenters. The molecule has 1 N–H and O–H groups in total. The van der Waals surface area contributed by atoms with Gasteiger partial charge >= 0.3 is 0 Å². The third-order valence-corrected chi connectivity index (χ3v) is 7.35. The van der Waals surface area contributed by atoms with Crippen LogP contribution in [0.25, 0.3) is 0 Å². The van der Waals surface area contributed by atoms with Crippen LogP contribution in [0.2, 0.25) is 18.1 Å². The molecule has 0 spiro atoms. The summed E-state index contributed by atoms with van der Waals surface area (Å²) in [7, 11) is -2.07. The van der Waals surface area contributed by atoms with Crippen LogP contribution < -0.4 is 0 Å². The molecule has 0 heterocycles. The van der Waals surface area contributed by atoms with Crippen LogP contribution >= 0.6 is 0 Å². The Morgan fingerprint density at radius 2 is 1.87 bits per heavy atom. The van der Waals surface area contributed by atoms with E-state index >= 15 is 0 Å². The van der Waals surface area contributed by atoms with Crippen LogP contribution in [0.1, 0.15) is 47.0 Å². The van der Waals surface area contributed by atoms with E-state index in [9.17, 15) is 9.59 Å². The Kier molecular flexibility index (Phi) is 5.20. The van der Waals surface area contributed by atoms with Crippen LogP contribution in [-0.4, -0.2) is 18.9 Å². The van der Waals surface area contributed by atoms with Gasteiger partial charge in [0, 0.05) is 5.92 Å². The lowest BCUT2D eigenvalue weighted by Crippen LogP contribution is -2.39. The van der Waals surface area contributed by atoms with Gasteiger partial charge in [-0.05, 0) is 37.9 Å².